The summed E-state index contributed by atoms with van der Waals surface area (Å²) >= 11 is -0.260. The zero-order valence-corrected chi connectivity index (χ0v) is 18.0. The van der Waals surface area contributed by atoms with Crippen LogP contribution in [0.25, 0.3) is 10.9 Å². The molecular weight excluding hydrogens is 441 g/mol. The Morgan fingerprint density at radius 3 is 2.38 bits per heavy atom. The topological polar surface area (TPSA) is 79.5 Å². The Bertz CT molecular complexity index is 1210. The highest BCUT2D eigenvalue weighted by Gasteiger charge is 2.52. The first kappa shape index (κ1) is 21.9. The maximum atomic E-state index is 13.3. The van der Waals surface area contributed by atoms with E-state index >= 15 is 0 Å². The molecule has 0 atom stereocenters. The minimum Gasteiger partial charge on any atom is -0.397 e. The fourth-order valence-corrected chi connectivity index (χ4v) is 4.21. The fourth-order valence-electron chi connectivity index (χ4n) is 3.67. The number of alkyl halides is 3. The van der Waals surface area contributed by atoms with Crippen molar-refractivity contribution < 1.29 is 22.8 Å². The number of para-hydroxylation sites is 1. The lowest BCUT2D eigenvalue weighted by molar-refractivity contribution is -0.123. The van der Waals surface area contributed by atoms with E-state index < -0.39 is 23.0 Å². The number of hydrogen-bond donors (Lipinski definition) is 1. The first-order valence-electron chi connectivity index (χ1n) is 9.63. The van der Waals surface area contributed by atoms with Gasteiger partial charge in [0.2, 0.25) is 0 Å². The number of nitrogen functional groups attached to an aromatic ring is 1. The average molecular weight is 460 g/mol. The van der Waals surface area contributed by atoms with E-state index in [4.69, 9.17) is 5.73 Å². The SMILES string of the molecule is CC1(C)C(=O)N(c2ccc(SC(F)(F)F)cc2)C(=O)N1Cc1c(N)cnc2ccccc12. The van der Waals surface area contributed by atoms with Crippen LogP contribution in [-0.2, 0) is 11.3 Å². The van der Waals surface area contributed by atoms with Crippen molar-refractivity contribution in [2.45, 2.75) is 36.3 Å². The van der Waals surface area contributed by atoms with Gasteiger partial charge < -0.3 is 10.6 Å². The number of hydrogen-bond acceptors (Lipinski definition) is 5. The molecule has 0 spiro atoms. The molecule has 1 aliphatic heterocycles. The number of nitrogens with two attached hydrogens (primary N) is 1. The number of halogens is 3. The Morgan fingerprint density at radius 2 is 1.72 bits per heavy atom. The smallest absolute Gasteiger partial charge is 0.397 e. The Hall–Kier alpha value is -3.27. The number of nitrogens with zero attached hydrogens (tertiary/aromatic N) is 3. The quantitative estimate of drug-likeness (QED) is 0.429. The van der Waals surface area contributed by atoms with Crippen LogP contribution >= 0.6 is 11.8 Å². The van der Waals surface area contributed by atoms with Crippen LogP contribution in [0.3, 0.4) is 0 Å². The maximum absolute atomic E-state index is 13.3. The Balaban J connectivity index is 1.67. The molecule has 0 radical (unpaired) electrons. The third-order valence-electron chi connectivity index (χ3n) is 5.39. The van der Waals surface area contributed by atoms with Crippen molar-refractivity contribution in [3.05, 3.63) is 60.3 Å². The normalized spacial score (nSPS) is 16.3. The van der Waals surface area contributed by atoms with E-state index in [2.05, 4.69) is 4.98 Å². The summed E-state index contributed by atoms with van der Waals surface area (Å²) in [6, 6.07) is 11.9. The van der Waals surface area contributed by atoms with Gasteiger partial charge in [-0.3, -0.25) is 9.78 Å². The van der Waals surface area contributed by atoms with Crippen molar-refractivity contribution in [3.8, 4) is 0 Å². The molecule has 10 heteroatoms. The molecule has 3 amide bonds. The van der Waals surface area contributed by atoms with Gasteiger partial charge in [-0.05, 0) is 55.9 Å². The first-order chi connectivity index (χ1) is 15.0. The summed E-state index contributed by atoms with van der Waals surface area (Å²) in [5.74, 6) is -0.476. The summed E-state index contributed by atoms with van der Waals surface area (Å²) in [5.41, 5.74) is 2.52. The number of fused-ring (bicyclic) bond motifs is 1. The lowest BCUT2D eigenvalue weighted by Crippen LogP contribution is -2.43. The van der Waals surface area contributed by atoms with Crippen LogP contribution < -0.4 is 10.6 Å². The monoisotopic (exact) mass is 460 g/mol. The number of pyridine rings is 1. The maximum Gasteiger partial charge on any atom is 0.446 e. The molecule has 0 saturated carbocycles. The Kier molecular flexibility index (Phi) is 5.28. The molecule has 0 bridgehead atoms. The molecule has 2 heterocycles. The number of carbonyl (C=O) groups excluding carboxylic acids is 2. The van der Waals surface area contributed by atoms with Gasteiger partial charge in [0, 0.05) is 15.8 Å². The van der Waals surface area contributed by atoms with Gasteiger partial charge >= 0.3 is 11.5 Å². The summed E-state index contributed by atoms with van der Waals surface area (Å²) in [7, 11) is 0. The van der Waals surface area contributed by atoms with Crippen LogP contribution in [0.15, 0.2) is 59.6 Å². The van der Waals surface area contributed by atoms with Gasteiger partial charge in [0.05, 0.1) is 29.6 Å². The third kappa shape index (κ3) is 3.86. The van der Waals surface area contributed by atoms with Crippen molar-refractivity contribution in [1.82, 2.24) is 9.88 Å². The molecule has 2 aromatic carbocycles. The number of thioether (sulfide) groups is 1. The van der Waals surface area contributed by atoms with Crippen LogP contribution in [0.4, 0.5) is 29.3 Å². The molecule has 0 unspecified atom stereocenters. The third-order valence-corrected chi connectivity index (χ3v) is 6.13. The van der Waals surface area contributed by atoms with Gasteiger partial charge in [0.1, 0.15) is 5.54 Å². The molecule has 166 valence electrons. The van der Waals surface area contributed by atoms with Gasteiger partial charge in [0.25, 0.3) is 5.91 Å². The van der Waals surface area contributed by atoms with Gasteiger partial charge in [-0.15, -0.1) is 0 Å². The van der Waals surface area contributed by atoms with Gasteiger partial charge in [-0.25, -0.2) is 9.69 Å². The van der Waals surface area contributed by atoms with Crippen LogP contribution in [0.5, 0.6) is 0 Å². The second-order valence-corrected chi connectivity index (χ2v) is 8.96. The van der Waals surface area contributed by atoms with Crippen LogP contribution in [0, 0.1) is 0 Å². The predicted octanol–water partition coefficient (Wildman–Crippen LogP) is 5.18. The Morgan fingerprint density at radius 1 is 1.06 bits per heavy atom. The average Bonchev–Trinajstić information content (AvgIpc) is 2.89. The van der Waals surface area contributed by atoms with E-state index in [0.29, 0.717) is 16.8 Å². The molecule has 6 nitrogen and oxygen atoms in total. The minimum absolute atomic E-state index is 0.0347. The minimum atomic E-state index is -4.42. The molecule has 1 fully saturated rings. The highest BCUT2D eigenvalue weighted by atomic mass is 32.2. The molecule has 2 N–H and O–H groups in total. The number of carbonyl (C=O) groups is 2. The van der Waals surface area contributed by atoms with Crippen molar-refractivity contribution in [2.75, 3.05) is 10.6 Å². The lowest BCUT2D eigenvalue weighted by atomic mass is 10.0. The highest BCUT2D eigenvalue weighted by Crippen LogP contribution is 2.39. The van der Waals surface area contributed by atoms with Crippen molar-refractivity contribution in [3.63, 3.8) is 0 Å². The van der Waals surface area contributed by atoms with E-state index in [1.54, 1.807) is 13.8 Å². The number of benzene rings is 2. The van der Waals surface area contributed by atoms with Crippen LogP contribution in [-0.4, -0.2) is 32.9 Å². The van der Waals surface area contributed by atoms with Crippen LogP contribution in [0.2, 0.25) is 0 Å². The first-order valence-corrected chi connectivity index (χ1v) is 10.4. The molecule has 0 aliphatic carbocycles. The number of amides is 3. The molecular formula is C22H19F3N4O2S. The standard InChI is InChI=1S/C22H19F3N4O2S/c1-21(2)19(30)29(13-7-9-14(10-8-13)32-22(23,24)25)20(31)28(21)12-16-15-5-3-4-6-18(15)27-11-17(16)26/h3-11H,12,26H2,1-2H3. The lowest BCUT2D eigenvalue weighted by Gasteiger charge is -2.28. The molecule has 4 rings (SSSR count). The highest BCUT2D eigenvalue weighted by molar-refractivity contribution is 8.00. The predicted molar refractivity (Wildman–Crippen MR) is 117 cm³/mol. The van der Waals surface area contributed by atoms with Crippen molar-refractivity contribution in [2.24, 2.45) is 0 Å². The van der Waals surface area contributed by atoms with Crippen molar-refractivity contribution in [1.29, 1.82) is 0 Å². The number of urea groups is 1. The molecule has 3 aromatic rings. The molecule has 1 saturated heterocycles. The Labute approximate surface area is 186 Å². The summed E-state index contributed by atoms with van der Waals surface area (Å²) in [6.45, 7) is 3.33. The molecule has 1 aromatic heterocycles. The fraction of sp³-hybridized carbons (Fsp3) is 0.227. The zero-order valence-electron chi connectivity index (χ0n) is 17.2. The van der Waals surface area contributed by atoms with E-state index in [0.717, 1.165) is 10.3 Å². The zero-order chi connectivity index (χ0) is 23.3. The van der Waals surface area contributed by atoms with E-state index in [9.17, 15) is 22.8 Å². The summed E-state index contributed by atoms with van der Waals surface area (Å²) in [6.07, 6.45) is 1.52. The number of aromatic nitrogens is 1. The molecule has 1 aliphatic rings. The largest absolute Gasteiger partial charge is 0.446 e. The summed E-state index contributed by atoms with van der Waals surface area (Å²) < 4.78 is 37.8. The van der Waals surface area contributed by atoms with Gasteiger partial charge in [-0.2, -0.15) is 13.2 Å². The van der Waals surface area contributed by atoms with Crippen molar-refractivity contribution >= 4 is 46.0 Å². The van der Waals surface area contributed by atoms with Crippen LogP contribution in [0.1, 0.15) is 19.4 Å². The summed E-state index contributed by atoms with van der Waals surface area (Å²) in [5, 5.41) is 0.774. The van der Waals surface area contributed by atoms with Gasteiger partial charge in [-0.1, -0.05) is 18.2 Å². The number of rotatable bonds is 4. The second-order valence-electron chi connectivity index (χ2n) is 7.82. The van der Waals surface area contributed by atoms with Gasteiger partial charge in [0.15, 0.2) is 0 Å². The summed E-state index contributed by atoms with van der Waals surface area (Å²) in [4.78, 5) is 33.1. The van der Waals surface area contributed by atoms with E-state index in [1.807, 2.05) is 24.3 Å². The second kappa shape index (κ2) is 7.70. The number of imide groups is 1. The molecule has 32 heavy (non-hydrogen) atoms. The number of anilines is 2. The van der Waals surface area contributed by atoms with E-state index in [1.165, 1.54) is 35.4 Å². The van der Waals surface area contributed by atoms with E-state index in [-0.39, 0.29) is 28.9 Å².